The van der Waals surface area contributed by atoms with Crippen molar-refractivity contribution in [1.29, 1.82) is 0 Å². The summed E-state index contributed by atoms with van der Waals surface area (Å²) in [5.41, 5.74) is 21.2. The molecule has 6 aromatic heterocycles. The van der Waals surface area contributed by atoms with Crippen LogP contribution >= 0.6 is 0 Å². The van der Waals surface area contributed by atoms with Crippen LogP contribution in [0.4, 0.5) is 0 Å². The van der Waals surface area contributed by atoms with Crippen LogP contribution in [0.1, 0.15) is 57.7 Å². The molecule has 2 aliphatic carbocycles. The minimum atomic E-state index is -0.194. The summed E-state index contributed by atoms with van der Waals surface area (Å²) in [6.45, 7) is 0. The van der Waals surface area contributed by atoms with Crippen LogP contribution in [0.3, 0.4) is 0 Å². The first-order valence-corrected chi connectivity index (χ1v) is 33.6. The molecule has 2 aliphatic heterocycles. The second-order valence-corrected chi connectivity index (χ2v) is 25.2. The molecule has 0 fully saturated rings. The highest BCUT2D eigenvalue weighted by atomic mass is 16.5. The van der Waals surface area contributed by atoms with Gasteiger partial charge in [0, 0.05) is 103 Å². The minimum absolute atomic E-state index is 0.0176. The first-order chi connectivity index (χ1) is 49.6. The largest absolute Gasteiger partial charge is 0.484 e. The molecular formula is C88H58N10O2. The van der Waals surface area contributed by atoms with Crippen LogP contribution in [-0.2, 0) is 0 Å². The third-order valence-electron chi connectivity index (χ3n) is 19.4. The fraction of sp³-hybridized carbons (Fsp3) is 0.0455. The molecule has 20 rings (SSSR count). The molecule has 4 atom stereocenters. The van der Waals surface area contributed by atoms with Gasteiger partial charge in [-0.15, -0.1) is 0 Å². The number of hydrogen-bond acceptors (Lipinski definition) is 10. The third kappa shape index (κ3) is 10.1. The van der Waals surface area contributed by atoms with Crippen molar-refractivity contribution in [3.63, 3.8) is 0 Å². The lowest BCUT2D eigenvalue weighted by Crippen LogP contribution is -2.14. The average molecular weight is 1290 g/mol. The maximum atomic E-state index is 6.90. The van der Waals surface area contributed by atoms with Crippen molar-refractivity contribution in [3.8, 4) is 114 Å². The maximum absolute atomic E-state index is 6.90. The van der Waals surface area contributed by atoms with Crippen molar-refractivity contribution in [2.24, 2.45) is 0 Å². The Kier molecular flexibility index (Phi) is 14.2. The molecule has 472 valence electrons. The standard InChI is InChI=1S/2C44H29N5O/c1-3-11-28(12-4-1)29-20-22-30(23-21-29)42-46-43(31-13-10-26-45-27-31)48-44(47-42)35-17-9-19-38-39(35)34-24-25-37-40(41(34)50-38)33-16-7-8-18-36(33)49(37)32-14-5-2-6-15-32;1-3-13-28(14-4-1)29-15-11-16-30(27-29)42-46-43(48-44(47-42)35-21-9-10-26-45-35)34-20-12-23-38-39(34)33-24-25-37-40(41(33)50-38)32-19-7-8-22-36(32)49(37)31-17-5-2-6-18-31/h1-27,34,41H;1-27,33,41H. The molecule has 12 nitrogen and oxygen atoms in total. The van der Waals surface area contributed by atoms with E-state index in [0.717, 1.165) is 106 Å². The SMILES string of the molecule is C1=CC2c3c(cccc3-c3nc(-c4ccc(-c5ccccc5)cc4)nc(-c4cccnc4)n3)OC2c2c1n(-c1ccccc1)c1ccccc21.C1=CC2c3c(cccc3-c3nc(-c4cccc(-c5ccccc5)c4)nc(-c4ccccn4)n3)OC2c2c1n(-c1ccccc1)c1ccccc21. The van der Waals surface area contributed by atoms with Crippen LogP contribution in [0, 0.1) is 0 Å². The number of ether oxygens (including phenoxy) is 2. The molecule has 0 bridgehead atoms. The summed E-state index contributed by atoms with van der Waals surface area (Å²) < 4.78 is 18.5. The molecule has 0 saturated heterocycles. The summed E-state index contributed by atoms with van der Waals surface area (Å²) in [6.07, 6.45) is 14.0. The van der Waals surface area contributed by atoms with Crippen molar-refractivity contribution >= 4 is 34.0 Å². The van der Waals surface area contributed by atoms with E-state index in [9.17, 15) is 0 Å². The first kappa shape index (κ1) is 58.1. The van der Waals surface area contributed by atoms with E-state index in [1.165, 1.54) is 21.9 Å². The zero-order chi connectivity index (χ0) is 66.0. The second-order valence-electron chi connectivity index (χ2n) is 25.2. The fourth-order valence-electron chi connectivity index (χ4n) is 15.0. The van der Waals surface area contributed by atoms with Gasteiger partial charge in [-0.2, -0.15) is 0 Å². The third-order valence-corrected chi connectivity index (χ3v) is 19.4. The van der Waals surface area contributed by atoms with Crippen LogP contribution < -0.4 is 9.47 Å². The molecule has 0 N–H and O–H groups in total. The summed E-state index contributed by atoms with van der Waals surface area (Å²) >= 11 is 0. The lowest BCUT2D eigenvalue weighted by Gasteiger charge is -2.22. The van der Waals surface area contributed by atoms with E-state index in [1.54, 1.807) is 18.6 Å². The van der Waals surface area contributed by atoms with Crippen LogP contribution in [0.2, 0.25) is 0 Å². The molecular weight excluding hydrogens is 1230 g/mol. The molecule has 8 heterocycles. The molecule has 4 aliphatic rings. The van der Waals surface area contributed by atoms with Gasteiger partial charge in [-0.05, 0) is 113 Å². The molecule has 4 unspecified atom stereocenters. The number of pyridine rings is 2. The van der Waals surface area contributed by atoms with Gasteiger partial charge in [-0.1, -0.05) is 218 Å². The summed E-state index contributed by atoms with van der Waals surface area (Å²) in [5.74, 6) is 5.15. The smallest absolute Gasteiger partial charge is 0.182 e. The molecule has 10 aromatic carbocycles. The van der Waals surface area contributed by atoms with Crippen molar-refractivity contribution in [3.05, 3.63) is 350 Å². The van der Waals surface area contributed by atoms with Crippen molar-refractivity contribution < 1.29 is 9.47 Å². The lowest BCUT2D eigenvalue weighted by molar-refractivity contribution is 0.224. The number of benzene rings is 10. The van der Waals surface area contributed by atoms with Gasteiger partial charge in [0.15, 0.2) is 34.9 Å². The van der Waals surface area contributed by atoms with Crippen molar-refractivity contribution in [2.45, 2.75) is 24.0 Å². The van der Waals surface area contributed by atoms with Crippen LogP contribution in [0.5, 0.6) is 11.5 Å². The predicted molar refractivity (Wildman–Crippen MR) is 396 cm³/mol. The van der Waals surface area contributed by atoms with Gasteiger partial charge >= 0.3 is 0 Å². The van der Waals surface area contributed by atoms with E-state index in [0.29, 0.717) is 40.6 Å². The van der Waals surface area contributed by atoms with Crippen LogP contribution in [-0.4, -0.2) is 49.0 Å². The van der Waals surface area contributed by atoms with Gasteiger partial charge in [0.05, 0.1) is 22.4 Å². The van der Waals surface area contributed by atoms with Gasteiger partial charge in [-0.25, -0.2) is 29.9 Å². The average Bonchev–Trinajstić information content (AvgIpc) is 1.56. The van der Waals surface area contributed by atoms with E-state index in [-0.39, 0.29) is 24.0 Å². The topological polar surface area (TPSA) is 131 Å². The normalized spacial score (nSPS) is 15.7. The van der Waals surface area contributed by atoms with Crippen LogP contribution in [0.15, 0.2) is 316 Å². The molecule has 0 amide bonds. The fourth-order valence-corrected chi connectivity index (χ4v) is 15.0. The number of rotatable bonds is 10. The Morgan fingerprint density at radius 2 is 0.730 bits per heavy atom. The molecule has 16 aromatic rings. The first-order valence-electron chi connectivity index (χ1n) is 33.6. The van der Waals surface area contributed by atoms with Gasteiger partial charge in [-0.3, -0.25) is 9.97 Å². The predicted octanol–water partition coefficient (Wildman–Crippen LogP) is 20.2. The summed E-state index contributed by atoms with van der Waals surface area (Å²) in [6, 6.07) is 97.8. The summed E-state index contributed by atoms with van der Waals surface area (Å²) in [4.78, 5) is 39.3. The Balaban J connectivity index is 0.000000139. The Morgan fingerprint density at radius 1 is 0.300 bits per heavy atom. The van der Waals surface area contributed by atoms with E-state index in [2.05, 4.69) is 274 Å². The Morgan fingerprint density at radius 3 is 1.28 bits per heavy atom. The number of para-hydroxylation sites is 4. The van der Waals surface area contributed by atoms with E-state index in [1.807, 2.05) is 54.6 Å². The summed E-state index contributed by atoms with van der Waals surface area (Å²) in [5, 5.41) is 2.39. The molecule has 100 heavy (non-hydrogen) atoms. The number of nitrogens with zero attached hydrogens (tertiary/aromatic N) is 10. The Hall–Kier alpha value is -13.3. The van der Waals surface area contributed by atoms with Gasteiger partial charge < -0.3 is 18.6 Å². The lowest BCUT2D eigenvalue weighted by atomic mass is 9.83. The number of fused-ring (bicyclic) bond motifs is 14. The second kappa shape index (κ2) is 24.4. The van der Waals surface area contributed by atoms with E-state index >= 15 is 0 Å². The van der Waals surface area contributed by atoms with Gasteiger partial charge in [0.2, 0.25) is 0 Å². The number of aromatic nitrogens is 10. The number of hydrogen-bond donors (Lipinski definition) is 0. The molecule has 0 spiro atoms. The highest BCUT2D eigenvalue weighted by Gasteiger charge is 2.44. The molecule has 12 heteroatoms. The highest BCUT2D eigenvalue weighted by molar-refractivity contribution is 5.94. The summed E-state index contributed by atoms with van der Waals surface area (Å²) in [7, 11) is 0. The Bertz CT molecular complexity index is 5870. The highest BCUT2D eigenvalue weighted by Crippen LogP contribution is 2.57. The monoisotopic (exact) mass is 1290 g/mol. The minimum Gasteiger partial charge on any atom is -0.484 e. The van der Waals surface area contributed by atoms with Crippen molar-refractivity contribution in [1.82, 2.24) is 49.0 Å². The van der Waals surface area contributed by atoms with E-state index in [4.69, 9.17) is 39.4 Å². The molecule has 0 radical (unpaired) electrons. The zero-order valence-electron chi connectivity index (χ0n) is 53.8. The van der Waals surface area contributed by atoms with Gasteiger partial charge in [0.1, 0.15) is 29.4 Å². The van der Waals surface area contributed by atoms with Gasteiger partial charge in [0.25, 0.3) is 0 Å². The maximum Gasteiger partial charge on any atom is 0.182 e. The van der Waals surface area contributed by atoms with Crippen molar-refractivity contribution in [2.75, 3.05) is 0 Å². The van der Waals surface area contributed by atoms with E-state index < -0.39 is 0 Å². The van der Waals surface area contributed by atoms with Crippen LogP contribution in [0.25, 0.3) is 136 Å². The zero-order valence-corrected chi connectivity index (χ0v) is 53.8. The quantitative estimate of drug-likeness (QED) is 0.130. The Labute approximate surface area is 576 Å². The molecule has 0 saturated carbocycles.